The molecule has 0 radical (unpaired) electrons. The number of fused-ring (bicyclic) bond motifs is 1. The average Bonchev–Trinajstić information content (AvgIpc) is 2.98. The molecule has 0 aliphatic heterocycles. The predicted molar refractivity (Wildman–Crippen MR) is 66.9 cm³/mol. The SMILES string of the molecule is CC(=O)[C@H]1C(=O)c2ccccc2C1=Nn1cnnc1. The van der Waals surface area contributed by atoms with Crippen LogP contribution in [0.3, 0.4) is 0 Å². The fraction of sp³-hybridized carbons (Fsp3) is 0.154. The lowest BCUT2D eigenvalue weighted by atomic mass is 9.99. The molecular weight excluding hydrogens is 244 g/mol. The number of carbonyl (C=O) groups is 2. The summed E-state index contributed by atoms with van der Waals surface area (Å²) in [6, 6.07) is 7.09. The number of aromatic nitrogens is 3. The second kappa shape index (κ2) is 4.24. The van der Waals surface area contributed by atoms with Crippen LogP contribution in [-0.4, -0.2) is 32.2 Å². The van der Waals surface area contributed by atoms with Crippen molar-refractivity contribution in [3.63, 3.8) is 0 Å². The zero-order chi connectivity index (χ0) is 13.4. The van der Waals surface area contributed by atoms with Crippen LogP contribution in [0.2, 0.25) is 0 Å². The molecule has 0 saturated heterocycles. The Hall–Kier alpha value is -2.63. The van der Waals surface area contributed by atoms with Gasteiger partial charge in [0.05, 0.1) is 5.71 Å². The number of ketones is 2. The minimum atomic E-state index is -0.834. The lowest BCUT2D eigenvalue weighted by Crippen LogP contribution is -2.24. The molecule has 0 spiro atoms. The number of nitrogens with zero attached hydrogens (tertiary/aromatic N) is 4. The van der Waals surface area contributed by atoms with E-state index in [0.29, 0.717) is 16.8 Å². The van der Waals surface area contributed by atoms with Gasteiger partial charge < -0.3 is 0 Å². The molecule has 0 amide bonds. The van der Waals surface area contributed by atoms with E-state index in [0.717, 1.165) is 0 Å². The first-order valence-electron chi connectivity index (χ1n) is 5.76. The topological polar surface area (TPSA) is 77.2 Å². The lowest BCUT2D eigenvalue weighted by molar-refractivity contribution is -0.117. The molecule has 1 aliphatic carbocycles. The van der Waals surface area contributed by atoms with Gasteiger partial charge in [-0.25, -0.2) is 4.68 Å². The smallest absolute Gasteiger partial charge is 0.180 e. The zero-order valence-electron chi connectivity index (χ0n) is 10.1. The first-order chi connectivity index (χ1) is 9.18. The summed E-state index contributed by atoms with van der Waals surface area (Å²) < 4.78 is 1.39. The molecule has 0 saturated carbocycles. The Morgan fingerprint density at radius 1 is 1.21 bits per heavy atom. The summed E-state index contributed by atoms with van der Waals surface area (Å²) >= 11 is 0. The van der Waals surface area contributed by atoms with E-state index in [1.807, 2.05) is 6.07 Å². The summed E-state index contributed by atoms with van der Waals surface area (Å²) in [7, 11) is 0. The highest BCUT2D eigenvalue weighted by atomic mass is 16.2. The van der Waals surface area contributed by atoms with Gasteiger partial charge in [-0.1, -0.05) is 24.3 Å². The van der Waals surface area contributed by atoms with Crippen molar-refractivity contribution in [1.82, 2.24) is 14.9 Å². The van der Waals surface area contributed by atoms with Gasteiger partial charge in [0.2, 0.25) is 0 Å². The number of rotatable bonds is 2. The Kier molecular flexibility index (Phi) is 2.56. The zero-order valence-corrected chi connectivity index (χ0v) is 10.1. The maximum atomic E-state index is 12.2. The second-order valence-corrected chi connectivity index (χ2v) is 4.28. The molecule has 1 heterocycles. The molecule has 19 heavy (non-hydrogen) atoms. The minimum absolute atomic E-state index is 0.199. The van der Waals surface area contributed by atoms with Crippen LogP contribution in [0.15, 0.2) is 42.0 Å². The maximum absolute atomic E-state index is 12.2. The Morgan fingerprint density at radius 2 is 1.84 bits per heavy atom. The molecule has 1 atom stereocenters. The number of carbonyl (C=O) groups excluding carboxylic acids is 2. The van der Waals surface area contributed by atoms with E-state index in [1.165, 1.54) is 24.3 Å². The highest BCUT2D eigenvalue weighted by Gasteiger charge is 2.39. The van der Waals surface area contributed by atoms with Crippen molar-refractivity contribution in [1.29, 1.82) is 0 Å². The third-order valence-electron chi connectivity index (χ3n) is 3.04. The number of hydrogen-bond donors (Lipinski definition) is 0. The molecule has 0 N–H and O–H groups in total. The molecule has 0 fully saturated rings. The Labute approximate surface area is 108 Å². The molecule has 0 bridgehead atoms. The predicted octanol–water partition coefficient (Wildman–Crippen LogP) is 0.932. The molecule has 94 valence electrons. The van der Waals surface area contributed by atoms with Crippen LogP contribution in [0.4, 0.5) is 0 Å². The summed E-state index contributed by atoms with van der Waals surface area (Å²) in [6.45, 7) is 1.40. The van der Waals surface area contributed by atoms with E-state index >= 15 is 0 Å². The van der Waals surface area contributed by atoms with E-state index in [9.17, 15) is 9.59 Å². The van der Waals surface area contributed by atoms with Crippen molar-refractivity contribution in [3.8, 4) is 0 Å². The van der Waals surface area contributed by atoms with Gasteiger partial charge in [0, 0.05) is 11.1 Å². The summed E-state index contributed by atoms with van der Waals surface area (Å²) in [6.07, 6.45) is 2.82. The highest BCUT2D eigenvalue weighted by molar-refractivity contribution is 6.36. The summed E-state index contributed by atoms with van der Waals surface area (Å²) in [5.74, 6) is -1.25. The highest BCUT2D eigenvalue weighted by Crippen LogP contribution is 2.28. The van der Waals surface area contributed by atoms with Crippen molar-refractivity contribution >= 4 is 17.3 Å². The third-order valence-corrected chi connectivity index (χ3v) is 3.04. The van der Waals surface area contributed by atoms with E-state index in [-0.39, 0.29) is 11.6 Å². The Morgan fingerprint density at radius 3 is 2.47 bits per heavy atom. The molecule has 0 unspecified atom stereocenters. The van der Waals surface area contributed by atoms with Crippen molar-refractivity contribution in [2.75, 3.05) is 0 Å². The van der Waals surface area contributed by atoms with E-state index in [1.54, 1.807) is 18.2 Å². The van der Waals surface area contributed by atoms with Crippen molar-refractivity contribution < 1.29 is 9.59 Å². The van der Waals surface area contributed by atoms with Crippen molar-refractivity contribution in [2.45, 2.75) is 6.92 Å². The molecule has 6 nitrogen and oxygen atoms in total. The van der Waals surface area contributed by atoms with Gasteiger partial charge in [-0.15, -0.1) is 10.2 Å². The van der Waals surface area contributed by atoms with Gasteiger partial charge in [0.15, 0.2) is 5.78 Å². The van der Waals surface area contributed by atoms with Gasteiger partial charge >= 0.3 is 0 Å². The van der Waals surface area contributed by atoms with Crippen LogP contribution in [-0.2, 0) is 4.79 Å². The Balaban J connectivity index is 2.20. The van der Waals surface area contributed by atoms with E-state index < -0.39 is 5.92 Å². The van der Waals surface area contributed by atoms with Crippen LogP contribution < -0.4 is 0 Å². The third kappa shape index (κ3) is 1.77. The second-order valence-electron chi connectivity index (χ2n) is 4.28. The van der Waals surface area contributed by atoms with Crippen LogP contribution >= 0.6 is 0 Å². The minimum Gasteiger partial charge on any atom is -0.299 e. The fourth-order valence-corrected chi connectivity index (χ4v) is 2.22. The molecule has 3 rings (SSSR count). The molecular formula is C13H10N4O2. The summed E-state index contributed by atoms with van der Waals surface area (Å²) in [4.78, 5) is 24.0. The normalized spacial score (nSPS) is 19.7. The van der Waals surface area contributed by atoms with Crippen LogP contribution in [0.1, 0.15) is 22.8 Å². The lowest BCUT2D eigenvalue weighted by Gasteiger charge is -2.05. The first kappa shape index (κ1) is 11.5. The standard InChI is InChI=1S/C13H10N4O2/c1-8(18)11-12(16-17-6-14-15-7-17)9-4-2-3-5-10(9)13(11)19/h2-7,11H,1H3/t11-/m1/s1. The Bertz CT molecular complexity index is 688. The van der Waals surface area contributed by atoms with Gasteiger partial charge in [0.25, 0.3) is 0 Å². The van der Waals surface area contributed by atoms with Gasteiger partial charge in [-0.05, 0) is 6.92 Å². The monoisotopic (exact) mass is 254 g/mol. The largest absolute Gasteiger partial charge is 0.299 e. The van der Waals surface area contributed by atoms with Crippen LogP contribution in [0, 0.1) is 5.92 Å². The molecule has 1 aromatic heterocycles. The van der Waals surface area contributed by atoms with Gasteiger partial charge in [0.1, 0.15) is 24.4 Å². The number of benzene rings is 1. The summed E-state index contributed by atoms with van der Waals surface area (Å²) in [5.41, 5.74) is 1.68. The molecule has 1 aliphatic rings. The van der Waals surface area contributed by atoms with E-state index in [2.05, 4.69) is 15.3 Å². The summed E-state index contributed by atoms with van der Waals surface area (Å²) in [5, 5.41) is 11.6. The van der Waals surface area contributed by atoms with Crippen LogP contribution in [0.25, 0.3) is 0 Å². The van der Waals surface area contributed by atoms with Crippen molar-refractivity contribution in [3.05, 3.63) is 48.0 Å². The van der Waals surface area contributed by atoms with E-state index in [4.69, 9.17) is 0 Å². The number of hydrogen-bond acceptors (Lipinski definition) is 5. The molecule has 2 aromatic rings. The average molecular weight is 254 g/mol. The fourth-order valence-electron chi connectivity index (χ4n) is 2.22. The quantitative estimate of drug-likeness (QED) is 0.747. The van der Waals surface area contributed by atoms with Crippen molar-refractivity contribution in [2.24, 2.45) is 11.0 Å². The maximum Gasteiger partial charge on any atom is 0.180 e. The first-order valence-corrected chi connectivity index (χ1v) is 5.76. The number of Topliss-reactive ketones (excluding diaryl/α,β-unsaturated/α-hetero) is 2. The molecule has 1 aromatic carbocycles. The molecule has 6 heteroatoms. The van der Waals surface area contributed by atoms with Gasteiger partial charge in [-0.2, -0.15) is 5.10 Å². The van der Waals surface area contributed by atoms with Gasteiger partial charge in [-0.3, -0.25) is 9.59 Å². The van der Waals surface area contributed by atoms with Crippen LogP contribution in [0.5, 0.6) is 0 Å².